The van der Waals surface area contributed by atoms with Gasteiger partial charge in [-0.05, 0) is 87.8 Å². The molecule has 3 aromatic heterocycles. The van der Waals surface area contributed by atoms with E-state index < -0.39 is 0 Å². The van der Waals surface area contributed by atoms with Crippen molar-refractivity contribution in [3.8, 4) is 22.5 Å². The first-order chi connectivity index (χ1) is 24.8. The Bertz CT molecular complexity index is 3060. The van der Waals surface area contributed by atoms with Crippen molar-refractivity contribution in [1.29, 1.82) is 0 Å². The van der Waals surface area contributed by atoms with Gasteiger partial charge in [-0.2, -0.15) is 0 Å². The molecule has 11 aromatic rings. The van der Waals surface area contributed by atoms with Crippen LogP contribution >= 0.6 is 0 Å². The number of rotatable bonds is 3. The summed E-state index contributed by atoms with van der Waals surface area (Å²) in [5, 5.41) is 9.81. The molecule has 0 aliphatic carbocycles. The molecule has 0 atom stereocenters. The molecule has 0 bridgehead atoms. The number of benzene rings is 8. The molecule has 0 saturated carbocycles. The summed E-state index contributed by atoms with van der Waals surface area (Å²) in [5.41, 5.74) is 10.7. The predicted octanol–water partition coefficient (Wildman–Crippen LogP) is 11.8. The fraction of sp³-hybridized carbons (Fsp3) is 0. The second kappa shape index (κ2) is 10.4. The lowest BCUT2D eigenvalue weighted by Crippen LogP contribution is -1.99. The molecular formula is C46H28N4. The minimum atomic E-state index is 0.869. The van der Waals surface area contributed by atoms with E-state index in [-0.39, 0.29) is 0 Å². The van der Waals surface area contributed by atoms with Crippen LogP contribution in [0, 0.1) is 0 Å². The Labute approximate surface area is 287 Å². The predicted molar refractivity (Wildman–Crippen MR) is 209 cm³/mol. The number of hydrogen-bond donors (Lipinski definition) is 0. The van der Waals surface area contributed by atoms with E-state index in [0.29, 0.717) is 0 Å². The van der Waals surface area contributed by atoms with Crippen LogP contribution in [0.25, 0.3) is 98.7 Å². The van der Waals surface area contributed by atoms with E-state index in [1.54, 1.807) is 0 Å². The van der Waals surface area contributed by atoms with Gasteiger partial charge in [-0.3, -0.25) is 9.97 Å². The van der Waals surface area contributed by atoms with E-state index in [1.165, 1.54) is 48.6 Å². The summed E-state index contributed by atoms with van der Waals surface area (Å²) >= 11 is 0. The maximum Gasteiger partial charge on any atom is 0.113 e. The molecule has 11 rings (SSSR count). The average Bonchev–Trinajstić information content (AvgIpc) is 3.67. The van der Waals surface area contributed by atoms with Gasteiger partial charge in [0.25, 0.3) is 0 Å². The minimum absolute atomic E-state index is 0.869. The molecule has 232 valence electrons. The number of aromatic nitrogens is 4. The summed E-state index contributed by atoms with van der Waals surface area (Å²) in [6.45, 7) is 0. The van der Waals surface area contributed by atoms with E-state index in [0.717, 1.165) is 50.1 Å². The molecule has 4 heteroatoms. The van der Waals surface area contributed by atoms with Gasteiger partial charge >= 0.3 is 0 Å². The van der Waals surface area contributed by atoms with Crippen molar-refractivity contribution < 1.29 is 0 Å². The SMILES string of the molecule is c1ccc(-n2c3ccccc3c3ccc(-c4ccc(-n5c6cc7ccccc7cc6c6cc7ccccc7cc65)c5nccnc45)cc32)cc1. The van der Waals surface area contributed by atoms with Crippen molar-refractivity contribution in [2.75, 3.05) is 0 Å². The lowest BCUT2D eigenvalue weighted by Gasteiger charge is -2.14. The Hall–Kier alpha value is -6.78. The molecule has 8 aromatic carbocycles. The fourth-order valence-electron chi connectivity index (χ4n) is 8.10. The maximum atomic E-state index is 5.04. The molecule has 0 spiro atoms. The summed E-state index contributed by atoms with van der Waals surface area (Å²) in [5.74, 6) is 0. The van der Waals surface area contributed by atoms with Gasteiger partial charge in [0.2, 0.25) is 0 Å². The molecular weight excluding hydrogens is 609 g/mol. The lowest BCUT2D eigenvalue weighted by atomic mass is 10.0. The second-order valence-corrected chi connectivity index (χ2v) is 13.1. The molecule has 4 nitrogen and oxygen atoms in total. The first-order valence-electron chi connectivity index (χ1n) is 17.0. The van der Waals surface area contributed by atoms with Crippen LogP contribution in [0.4, 0.5) is 0 Å². The Morgan fingerprint density at radius 2 is 0.920 bits per heavy atom. The molecule has 0 fully saturated rings. The van der Waals surface area contributed by atoms with Gasteiger partial charge in [-0.25, -0.2) is 0 Å². The normalized spacial score (nSPS) is 12.0. The van der Waals surface area contributed by atoms with E-state index in [2.05, 4.69) is 167 Å². The van der Waals surface area contributed by atoms with Gasteiger partial charge in [-0.15, -0.1) is 0 Å². The zero-order valence-corrected chi connectivity index (χ0v) is 27.0. The van der Waals surface area contributed by atoms with Crippen LogP contribution in [0.1, 0.15) is 0 Å². The third kappa shape index (κ3) is 3.87. The summed E-state index contributed by atoms with van der Waals surface area (Å²) < 4.78 is 4.75. The topological polar surface area (TPSA) is 35.6 Å². The third-order valence-corrected chi connectivity index (χ3v) is 10.3. The average molecular weight is 637 g/mol. The van der Waals surface area contributed by atoms with Crippen LogP contribution < -0.4 is 0 Å². The van der Waals surface area contributed by atoms with Crippen LogP contribution in [0.15, 0.2) is 170 Å². The zero-order valence-electron chi connectivity index (χ0n) is 27.0. The fourth-order valence-corrected chi connectivity index (χ4v) is 8.10. The van der Waals surface area contributed by atoms with E-state index in [1.807, 2.05) is 12.4 Å². The Morgan fingerprint density at radius 3 is 1.62 bits per heavy atom. The quantitative estimate of drug-likeness (QED) is 0.193. The first kappa shape index (κ1) is 27.2. The number of para-hydroxylation sites is 2. The van der Waals surface area contributed by atoms with Crippen molar-refractivity contribution in [3.05, 3.63) is 170 Å². The van der Waals surface area contributed by atoms with Gasteiger partial charge in [0.1, 0.15) is 5.52 Å². The van der Waals surface area contributed by atoms with Crippen LogP contribution in [-0.4, -0.2) is 19.1 Å². The van der Waals surface area contributed by atoms with Crippen LogP contribution in [-0.2, 0) is 0 Å². The first-order valence-corrected chi connectivity index (χ1v) is 17.0. The number of hydrogen-bond acceptors (Lipinski definition) is 2. The molecule has 50 heavy (non-hydrogen) atoms. The van der Waals surface area contributed by atoms with Crippen LogP contribution in [0.2, 0.25) is 0 Å². The highest BCUT2D eigenvalue weighted by molar-refractivity contribution is 6.18. The van der Waals surface area contributed by atoms with Crippen molar-refractivity contribution in [2.24, 2.45) is 0 Å². The molecule has 0 amide bonds. The van der Waals surface area contributed by atoms with E-state index in [9.17, 15) is 0 Å². The summed E-state index contributed by atoms with van der Waals surface area (Å²) in [4.78, 5) is 10.0. The standard InChI is InChI=1S/C46H28N4/c1-2-14-34(15-3-1)49-40-17-9-8-16-36(40)37-19-18-33(28-42(37)49)35-20-21-41(46-45(35)47-22-23-48-46)50-43-26-31-12-6-4-10-29(31)24-38(43)39-25-30-11-5-7-13-32(30)27-44(39)50/h1-28H. The van der Waals surface area contributed by atoms with Gasteiger partial charge in [0.05, 0.1) is 33.3 Å². The summed E-state index contributed by atoms with van der Waals surface area (Å²) in [7, 11) is 0. The van der Waals surface area contributed by atoms with Crippen molar-refractivity contribution in [2.45, 2.75) is 0 Å². The molecule has 0 radical (unpaired) electrons. The largest absolute Gasteiger partial charge is 0.309 e. The molecule has 0 aliphatic heterocycles. The smallest absolute Gasteiger partial charge is 0.113 e. The summed E-state index contributed by atoms with van der Waals surface area (Å²) in [6.07, 6.45) is 3.62. The van der Waals surface area contributed by atoms with E-state index in [4.69, 9.17) is 9.97 Å². The molecule has 3 heterocycles. The van der Waals surface area contributed by atoms with Gasteiger partial charge in [0, 0.05) is 45.2 Å². The highest BCUT2D eigenvalue weighted by atomic mass is 15.0. The minimum Gasteiger partial charge on any atom is -0.309 e. The highest BCUT2D eigenvalue weighted by Crippen LogP contribution is 2.41. The van der Waals surface area contributed by atoms with E-state index >= 15 is 0 Å². The lowest BCUT2D eigenvalue weighted by molar-refractivity contribution is 1.17. The molecule has 0 N–H and O–H groups in total. The van der Waals surface area contributed by atoms with Crippen molar-refractivity contribution in [3.63, 3.8) is 0 Å². The van der Waals surface area contributed by atoms with Crippen molar-refractivity contribution >= 4 is 76.2 Å². The van der Waals surface area contributed by atoms with Crippen LogP contribution in [0.5, 0.6) is 0 Å². The Balaban J connectivity index is 1.20. The van der Waals surface area contributed by atoms with Gasteiger partial charge in [-0.1, -0.05) is 97.1 Å². The molecule has 0 unspecified atom stereocenters. The zero-order chi connectivity index (χ0) is 32.8. The Kier molecular flexibility index (Phi) is 5.63. The second-order valence-electron chi connectivity index (χ2n) is 13.1. The summed E-state index contributed by atoms with van der Waals surface area (Å²) in [6, 6.07) is 57.0. The highest BCUT2D eigenvalue weighted by Gasteiger charge is 2.20. The van der Waals surface area contributed by atoms with Crippen LogP contribution in [0.3, 0.4) is 0 Å². The maximum absolute atomic E-state index is 5.04. The van der Waals surface area contributed by atoms with Crippen molar-refractivity contribution in [1.82, 2.24) is 19.1 Å². The third-order valence-electron chi connectivity index (χ3n) is 10.3. The molecule has 0 saturated heterocycles. The number of fused-ring (bicyclic) bond motifs is 9. The van der Waals surface area contributed by atoms with Gasteiger partial charge < -0.3 is 9.13 Å². The number of nitrogens with zero attached hydrogens (tertiary/aromatic N) is 4. The Morgan fingerprint density at radius 1 is 0.360 bits per heavy atom. The monoisotopic (exact) mass is 636 g/mol. The molecule has 0 aliphatic rings. The van der Waals surface area contributed by atoms with Gasteiger partial charge in [0.15, 0.2) is 0 Å².